The van der Waals surface area contributed by atoms with E-state index in [-0.39, 0.29) is 10.2 Å². The zero-order valence-corrected chi connectivity index (χ0v) is 7.78. The number of hydrogen-bond acceptors (Lipinski definition) is 2. The molecule has 1 N–H and O–H groups in total. The van der Waals surface area contributed by atoms with Crippen LogP contribution in [0, 0.1) is 0 Å². The SMILES string of the molecule is OCC(F)(F)c1cc(Cl)ncc1Cl. The van der Waals surface area contributed by atoms with Crippen LogP contribution in [0.25, 0.3) is 0 Å². The molecule has 0 aliphatic carbocycles. The average molecular weight is 228 g/mol. The predicted octanol–water partition coefficient (Wildman–Crippen LogP) is 2.47. The quantitative estimate of drug-likeness (QED) is 0.788. The number of rotatable bonds is 2. The topological polar surface area (TPSA) is 33.1 Å². The average Bonchev–Trinajstić information content (AvgIpc) is 2.09. The van der Waals surface area contributed by atoms with Gasteiger partial charge in [-0.05, 0) is 6.07 Å². The summed E-state index contributed by atoms with van der Waals surface area (Å²) in [5.41, 5.74) is -0.517. The summed E-state index contributed by atoms with van der Waals surface area (Å²) in [6, 6.07) is 0.931. The van der Waals surface area contributed by atoms with E-state index >= 15 is 0 Å². The summed E-state index contributed by atoms with van der Waals surface area (Å²) in [7, 11) is 0. The Morgan fingerprint density at radius 3 is 2.62 bits per heavy atom. The van der Waals surface area contributed by atoms with Crippen molar-refractivity contribution in [1.29, 1.82) is 0 Å². The fraction of sp³-hybridized carbons (Fsp3) is 0.286. The fourth-order valence-corrected chi connectivity index (χ4v) is 1.18. The van der Waals surface area contributed by atoms with E-state index in [0.29, 0.717) is 0 Å². The molecule has 72 valence electrons. The van der Waals surface area contributed by atoms with Gasteiger partial charge in [0.05, 0.1) is 5.02 Å². The molecule has 1 aromatic heterocycles. The van der Waals surface area contributed by atoms with Gasteiger partial charge < -0.3 is 5.11 Å². The standard InChI is InChI=1S/C7H5Cl2F2NO/c8-5-2-12-6(9)1-4(5)7(10,11)3-13/h1-2,13H,3H2. The van der Waals surface area contributed by atoms with Gasteiger partial charge in [0.25, 0.3) is 5.92 Å². The van der Waals surface area contributed by atoms with E-state index < -0.39 is 18.1 Å². The first kappa shape index (κ1) is 10.6. The van der Waals surface area contributed by atoms with Crippen LogP contribution in [0.4, 0.5) is 8.78 Å². The van der Waals surface area contributed by atoms with Gasteiger partial charge in [-0.1, -0.05) is 23.2 Å². The fourth-order valence-electron chi connectivity index (χ4n) is 0.779. The van der Waals surface area contributed by atoms with Crippen molar-refractivity contribution in [2.45, 2.75) is 5.92 Å². The Balaban J connectivity index is 3.20. The van der Waals surface area contributed by atoms with Gasteiger partial charge in [0, 0.05) is 11.8 Å². The maximum atomic E-state index is 12.9. The van der Waals surface area contributed by atoms with Crippen LogP contribution in [0.5, 0.6) is 0 Å². The maximum absolute atomic E-state index is 12.9. The molecule has 2 nitrogen and oxygen atoms in total. The largest absolute Gasteiger partial charge is 0.390 e. The van der Waals surface area contributed by atoms with Crippen LogP contribution < -0.4 is 0 Å². The van der Waals surface area contributed by atoms with Gasteiger partial charge in [0.15, 0.2) is 0 Å². The van der Waals surface area contributed by atoms with Crippen molar-refractivity contribution in [3.63, 3.8) is 0 Å². The van der Waals surface area contributed by atoms with Gasteiger partial charge in [-0.15, -0.1) is 0 Å². The zero-order chi connectivity index (χ0) is 10.1. The highest BCUT2D eigenvalue weighted by Crippen LogP contribution is 2.33. The molecular weight excluding hydrogens is 223 g/mol. The molecular formula is C7H5Cl2F2NO. The Hall–Kier alpha value is -0.450. The molecule has 13 heavy (non-hydrogen) atoms. The first-order valence-corrected chi connectivity index (χ1v) is 4.03. The zero-order valence-electron chi connectivity index (χ0n) is 6.27. The first-order chi connectivity index (χ1) is 5.97. The highest BCUT2D eigenvalue weighted by Gasteiger charge is 2.33. The molecule has 0 amide bonds. The second-order valence-corrected chi connectivity index (χ2v) is 3.14. The van der Waals surface area contributed by atoms with E-state index in [9.17, 15) is 8.78 Å². The van der Waals surface area contributed by atoms with Crippen molar-refractivity contribution >= 4 is 23.2 Å². The number of aliphatic hydroxyl groups excluding tert-OH is 1. The predicted molar refractivity (Wildman–Crippen MR) is 45.2 cm³/mol. The second-order valence-electron chi connectivity index (χ2n) is 2.35. The summed E-state index contributed by atoms with van der Waals surface area (Å²) in [5, 5.41) is 8.08. The van der Waals surface area contributed by atoms with Gasteiger partial charge >= 0.3 is 0 Å². The number of aliphatic hydroxyl groups is 1. The Kier molecular flexibility index (Phi) is 3.05. The second kappa shape index (κ2) is 3.74. The Morgan fingerprint density at radius 1 is 1.46 bits per heavy atom. The minimum atomic E-state index is -3.39. The molecule has 0 aliphatic rings. The monoisotopic (exact) mass is 227 g/mol. The highest BCUT2D eigenvalue weighted by molar-refractivity contribution is 6.32. The summed E-state index contributed by atoms with van der Waals surface area (Å²) in [6.07, 6.45) is 1.02. The smallest absolute Gasteiger partial charge is 0.297 e. The van der Waals surface area contributed by atoms with Gasteiger partial charge in [-0.2, -0.15) is 8.78 Å². The minimum Gasteiger partial charge on any atom is -0.390 e. The molecule has 0 fully saturated rings. The van der Waals surface area contributed by atoms with Gasteiger partial charge in [-0.25, -0.2) is 4.98 Å². The summed E-state index contributed by atoms with van der Waals surface area (Å²) in [6.45, 7) is -1.31. The third-order valence-corrected chi connectivity index (χ3v) is 1.92. The maximum Gasteiger partial charge on any atom is 0.297 e. The van der Waals surface area contributed by atoms with E-state index in [0.717, 1.165) is 12.3 Å². The molecule has 1 rings (SSSR count). The molecule has 0 atom stereocenters. The summed E-state index contributed by atoms with van der Waals surface area (Å²) < 4.78 is 25.8. The molecule has 1 heterocycles. The van der Waals surface area contributed by atoms with Gasteiger partial charge in [0.1, 0.15) is 11.8 Å². The number of pyridine rings is 1. The normalized spacial score (nSPS) is 11.8. The molecule has 0 unspecified atom stereocenters. The lowest BCUT2D eigenvalue weighted by Gasteiger charge is -2.14. The number of halogens is 4. The van der Waals surface area contributed by atoms with Crippen LogP contribution in [-0.2, 0) is 5.92 Å². The molecule has 0 saturated carbocycles. The van der Waals surface area contributed by atoms with Crippen LogP contribution in [0.2, 0.25) is 10.2 Å². The van der Waals surface area contributed by atoms with Crippen LogP contribution in [0.3, 0.4) is 0 Å². The van der Waals surface area contributed by atoms with Crippen molar-refractivity contribution in [2.75, 3.05) is 6.61 Å². The lowest BCUT2D eigenvalue weighted by Crippen LogP contribution is -2.19. The number of hydrogen-bond donors (Lipinski definition) is 1. The molecule has 0 aromatic carbocycles. The number of nitrogens with zero attached hydrogens (tertiary/aromatic N) is 1. The third-order valence-electron chi connectivity index (χ3n) is 1.41. The number of aromatic nitrogens is 1. The molecule has 0 aliphatic heterocycles. The molecule has 0 spiro atoms. The van der Waals surface area contributed by atoms with Gasteiger partial charge in [0.2, 0.25) is 0 Å². The van der Waals surface area contributed by atoms with Crippen LogP contribution in [0.15, 0.2) is 12.3 Å². The van der Waals surface area contributed by atoms with Crippen LogP contribution >= 0.6 is 23.2 Å². The van der Waals surface area contributed by atoms with Crippen molar-refractivity contribution in [3.8, 4) is 0 Å². The molecule has 1 aromatic rings. The van der Waals surface area contributed by atoms with E-state index in [2.05, 4.69) is 4.98 Å². The number of alkyl halides is 2. The Morgan fingerprint density at radius 2 is 2.08 bits per heavy atom. The molecule has 0 bridgehead atoms. The Bertz CT molecular complexity index is 319. The van der Waals surface area contributed by atoms with E-state index in [1.807, 2.05) is 0 Å². The summed E-state index contributed by atoms with van der Waals surface area (Å²) >= 11 is 10.8. The summed E-state index contributed by atoms with van der Waals surface area (Å²) in [4.78, 5) is 3.51. The van der Waals surface area contributed by atoms with E-state index in [4.69, 9.17) is 28.3 Å². The highest BCUT2D eigenvalue weighted by atomic mass is 35.5. The first-order valence-electron chi connectivity index (χ1n) is 3.27. The van der Waals surface area contributed by atoms with E-state index in [1.165, 1.54) is 0 Å². The molecule has 6 heteroatoms. The summed E-state index contributed by atoms with van der Waals surface area (Å²) in [5.74, 6) is -3.39. The lowest BCUT2D eigenvalue weighted by atomic mass is 10.1. The Labute approximate surface area is 83.1 Å². The lowest BCUT2D eigenvalue weighted by molar-refractivity contribution is -0.0555. The van der Waals surface area contributed by atoms with Crippen molar-refractivity contribution < 1.29 is 13.9 Å². The van der Waals surface area contributed by atoms with Gasteiger partial charge in [-0.3, -0.25) is 0 Å². The van der Waals surface area contributed by atoms with E-state index in [1.54, 1.807) is 0 Å². The van der Waals surface area contributed by atoms with Crippen molar-refractivity contribution in [3.05, 3.63) is 28.0 Å². The van der Waals surface area contributed by atoms with Crippen molar-refractivity contribution in [2.24, 2.45) is 0 Å². The minimum absolute atomic E-state index is 0.0903. The molecule has 0 saturated heterocycles. The van der Waals surface area contributed by atoms with Crippen LogP contribution in [0.1, 0.15) is 5.56 Å². The van der Waals surface area contributed by atoms with Crippen molar-refractivity contribution in [1.82, 2.24) is 4.98 Å². The van der Waals surface area contributed by atoms with Crippen LogP contribution in [-0.4, -0.2) is 16.7 Å². The third kappa shape index (κ3) is 2.27. The molecule has 0 radical (unpaired) electrons.